The van der Waals surface area contributed by atoms with Gasteiger partial charge in [0.25, 0.3) is 0 Å². The fourth-order valence-corrected chi connectivity index (χ4v) is 1.43. The number of anilines is 1. The van der Waals surface area contributed by atoms with E-state index in [-0.39, 0.29) is 0 Å². The van der Waals surface area contributed by atoms with Crippen LogP contribution in [0.25, 0.3) is 0 Å². The minimum Gasteiger partial charge on any atom is -0.319 e. The number of para-hydroxylation sites is 1. The molecule has 0 saturated carbocycles. The van der Waals surface area contributed by atoms with Gasteiger partial charge < -0.3 is 5.32 Å². The molecular weight excluding hydrogens is 338 g/mol. The van der Waals surface area contributed by atoms with Gasteiger partial charge in [0.1, 0.15) is 0 Å². The van der Waals surface area contributed by atoms with Crippen molar-refractivity contribution in [2.24, 2.45) is 0 Å². The van der Waals surface area contributed by atoms with Crippen LogP contribution in [0.5, 0.6) is 0 Å². The number of carbonyl (C=O) groups excluding carboxylic acids is 1. The quantitative estimate of drug-likeness (QED) is 0.789. The number of halogens is 9. The fraction of sp³-hybridized carbons (Fsp3) is 0.300. The molecule has 0 aliphatic heterocycles. The Morgan fingerprint density at radius 1 is 1.00 bits per heavy atom. The number of carbonyl (C=O) groups is 1. The second kappa shape index (κ2) is 5.32. The van der Waals surface area contributed by atoms with Crippen LogP contribution in [-0.2, 0) is 11.0 Å². The van der Waals surface area contributed by atoms with Crippen LogP contribution in [0.4, 0.5) is 40.8 Å². The maximum atomic E-state index is 12.7. The zero-order valence-electron chi connectivity index (χ0n) is 9.54. The summed E-state index contributed by atoms with van der Waals surface area (Å²) in [4.78, 5) is 10.9. The molecule has 0 heterocycles. The summed E-state index contributed by atoms with van der Waals surface area (Å²) in [5.41, 5.74) is -3.03. The molecule has 118 valence electrons. The van der Waals surface area contributed by atoms with Crippen molar-refractivity contribution in [3.63, 3.8) is 0 Å². The van der Waals surface area contributed by atoms with Crippen LogP contribution in [0.2, 0.25) is 5.02 Å². The predicted octanol–water partition coefficient (Wildman–Crippen LogP) is 4.49. The van der Waals surface area contributed by atoms with E-state index in [1.54, 1.807) is 0 Å². The van der Waals surface area contributed by atoms with Gasteiger partial charge in [-0.3, -0.25) is 4.79 Å². The van der Waals surface area contributed by atoms with Gasteiger partial charge in [-0.05, 0) is 12.1 Å². The van der Waals surface area contributed by atoms with Gasteiger partial charge in [-0.1, -0.05) is 17.7 Å². The van der Waals surface area contributed by atoms with Crippen LogP contribution >= 0.6 is 11.6 Å². The molecule has 21 heavy (non-hydrogen) atoms. The van der Waals surface area contributed by atoms with E-state index in [1.807, 2.05) is 0 Å². The smallest absolute Gasteiger partial charge is 0.319 e. The lowest BCUT2D eigenvalue weighted by Gasteiger charge is -2.21. The van der Waals surface area contributed by atoms with E-state index < -0.39 is 40.5 Å². The van der Waals surface area contributed by atoms with E-state index in [0.717, 1.165) is 17.4 Å². The largest absolute Gasteiger partial charge is 0.463 e. The highest BCUT2D eigenvalue weighted by Crippen LogP contribution is 2.41. The number of hydrogen-bond acceptors (Lipinski definition) is 1. The van der Waals surface area contributed by atoms with Gasteiger partial charge in [0.05, 0.1) is 16.3 Å². The molecule has 0 bridgehead atoms. The molecule has 0 aliphatic carbocycles. The molecule has 0 unspecified atom stereocenters. The number of rotatable bonds is 2. The minimum absolute atomic E-state index is 0.368. The van der Waals surface area contributed by atoms with Crippen molar-refractivity contribution in [3.8, 4) is 0 Å². The van der Waals surface area contributed by atoms with Crippen molar-refractivity contribution < 1.29 is 39.9 Å². The highest BCUT2D eigenvalue weighted by Gasteiger charge is 2.63. The summed E-state index contributed by atoms with van der Waals surface area (Å²) in [5.74, 6) is -8.83. The van der Waals surface area contributed by atoms with E-state index in [0.29, 0.717) is 6.07 Å². The Labute approximate surface area is 116 Å². The normalized spacial score (nSPS) is 13.2. The molecule has 1 aromatic rings. The molecule has 11 heteroatoms. The molecule has 0 fully saturated rings. The fourth-order valence-electron chi connectivity index (χ4n) is 1.21. The van der Waals surface area contributed by atoms with Gasteiger partial charge in [0.2, 0.25) is 0 Å². The van der Waals surface area contributed by atoms with Crippen LogP contribution < -0.4 is 5.32 Å². The predicted molar refractivity (Wildman–Crippen MR) is 56.1 cm³/mol. The summed E-state index contributed by atoms with van der Waals surface area (Å²) in [6.45, 7) is 0. The molecule has 0 aliphatic rings. The number of benzene rings is 1. The molecular formula is C10H4ClF8NO. The Hall–Kier alpha value is -1.58. The van der Waals surface area contributed by atoms with Crippen molar-refractivity contribution in [1.82, 2.24) is 0 Å². The van der Waals surface area contributed by atoms with Gasteiger partial charge in [0, 0.05) is 0 Å². The van der Waals surface area contributed by atoms with E-state index in [9.17, 15) is 39.9 Å². The van der Waals surface area contributed by atoms with Crippen molar-refractivity contribution in [2.75, 3.05) is 5.32 Å². The maximum absolute atomic E-state index is 12.7. The molecule has 0 radical (unpaired) electrons. The lowest BCUT2D eigenvalue weighted by Crippen LogP contribution is -2.47. The monoisotopic (exact) mass is 341 g/mol. The first-order chi connectivity index (χ1) is 9.28. The lowest BCUT2D eigenvalue weighted by molar-refractivity contribution is -0.267. The van der Waals surface area contributed by atoms with Crippen LogP contribution in [-0.4, -0.2) is 18.0 Å². The average molecular weight is 342 g/mol. The minimum atomic E-state index is -6.25. The molecule has 2 nitrogen and oxygen atoms in total. The Morgan fingerprint density at radius 3 is 1.95 bits per heavy atom. The molecule has 0 aromatic heterocycles. The van der Waals surface area contributed by atoms with Crippen molar-refractivity contribution >= 4 is 23.2 Å². The summed E-state index contributed by atoms with van der Waals surface area (Å²) in [7, 11) is 0. The van der Waals surface area contributed by atoms with Crippen molar-refractivity contribution in [2.45, 2.75) is 18.3 Å². The second-order valence-electron chi connectivity index (χ2n) is 3.69. The number of alkyl halides is 8. The van der Waals surface area contributed by atoms with E-state index in [1.165, 1.54) is 0 Å². The standard InChI is InChI=1S/C10H4ClF8NO/c11-5-3-1-2-4(9(14,15)16)6(5)20-7(21)8(12,13)10(17,18)19/h1-3H,(H,20,21). The number of amides is 1. The Bertz CT molecular complexity index is 551. The zero-order valence-corrected chi connectivity index (χ0v) is 10.3. The van der Waals surface area contributed by atoms with E-state index >= 15 is 0 Å². The van der Waals surface area contributed by atoms with Crippen molar-refractivity contribution in [3.05, 3.63) is 28.8 Å². The molecule has 1 aromatic carbocycles. The molecule has 0 saturated heterocycles. The van der Waals surface area contributed by atoms with Crippen LogP contribution in [0.3, 0.4) is 0 Å². The Kier molecular flexibility index (Phi) is 4.42. The molecule has 0 atom stereocenters. The molecule has 1 amide bonds. The summed E-state index contributed by atoms with van der Waals surface area (Å²) >= 11 is 5.30. The highest BCUT2D eigenvalue weighted by atomic mass is 35.5. The average Bonchev–Trinajstić information content (AvgIpc) is 2.28. The van der Waals surface area contributed by atoms with Crippen LogP contribution in [0, 0.1) is 0 Å². The number of hydrogen-bond donors (Lipinski definition) is 1. The van der Waals surface area contributed by atoms with Gasteiger partial charge in [-0.15, -0.1) is 0 Å². The summed E-state index contributed by atoms with van der Waals surface area (Å²) in [6, 6.07) is 1.95. The van der Waals surface area contributed by atoms with E-state index in [4.69, 9.17) is 11.6 Å². The Morgan fingerprint density at radius 2 is 1.52 bits per heavy atom. The third-order valence-electron chi connectivity index (χ3n) is 2.20. The van der Waals surface area contributed by atoms with Crippen LogP contribution in [0.15, 0.2) is 18.2 Å². The second-order valence-corrected chi connectivity index (χ2v) is 4.09. The Balaban J connectivity index is 3.24. The molecule has 1 rings (SSSR count). The van der Waals surface area contributed by atoms with Gasteiger partial charge in [-0.2, -0.15) is 35.1 Å². The third-order valence-corrected chi connectivity index (χ3v) is 2.51. The third kappa shape index (κ3) is 3.55. The zero-order chi connectivity index (χ0) is 16.6. The van der Waals surface area contributed by atoms with Crippen LogP contribution in [0.1, 0.15) is 5.56 Å². The van der Waals surface area contributed by atoms with E-state index in [2.05, 4.69) is 0 Å². The van der Waals surface area contributed by atoms with Gasteiger partial charge in [-0.25, -0.2) is 0 Å². The van der Waals surface area contributed by atoms with Gasteiger partial charge >= 0.3 is 24.2 Å². The SMILES string of the molecule is O=C(Nc1c(Cl)cccc1C(F)(F)F)C(F)(F)C(F)(F)F. The van der Waals surface area contributed by atoms with Crippen molar-refractivity contribution in [1.29, 1.82) is 0 Å². The first kappa shape index (κ1) is 17.5. The number of nitrogens with one attached hydrogen (secondary N) is 1. The first-order valence-corrected chi connectivity index (χ1v) is 5.28. The lowest BCUT2D eigenvalue weighted by atomic mass is 10.1. The topological polar surface area (TPSA) is 29.1 Å². The summed E-state index contributed by atoms with van der Waals surface area (Å²) in [6.07, 6.45) is -11.4. The highest BCUT2D eigenvalue weighted by molar-refractivity contribution is 6.34. The van der Waals surface area contributed by atoms with Gasteiger partial charge in [0.15, 0.2) is 0 Å². The summed E-state index contributed by atoms with van der Waals surface area (Å²) in [5, 5.41) is 0.0344. The maximum Gasteiger partial charge on any atom is 0.463 e. The molecule has 0 spiro atoms. The first-order valence-electron chi connectivity index (χ1n) is 4.90. The molecule has 1 N–H and O–H groups in total. The summed E-state index contributed by atoms with van der Waals surface area (Å²) < 4.78 is 99.1.